The van der Waals surface area contributed by atoms with Crippen LogP contribution in [0.15, 0.2) is 54.9 Å². The zero-order valence-electron chi connectivity index (χ0n) is 11.6. The molecule has 0 bridgehead atoms. The number of para-hydroxylation sites is 2. The van der Waals surface area contributed by atoms with Crippen molar-refractivity contribution in [2.24, 2.45) is 0 Å². The summed E-state index contributed by atoms with van der Waals surface area (Å²) in [5.41, 5.74) is 3.48. The third-order valence-electron chi connectivity index (χ3n) is 3.36. The number of rotatable bonds is 5. The Morgan fingerprint density at radius 2 is 1.85 bits per heavy atom. The third-order valence-corrected chi connectivity index (χ3v) is 3.36. The van der Waals surface area contributed by atoms with Gasteiger partial charge < -0.3 is 9.30 Å². The lowest BCUT2D eigenvalue weighted by Crippen LogP contribution is -2.03. The van der Waals surface area contributed by atoms with Crippen molar-refractivity contribution in [1.82, 2.24) is 9.55 Å². The van der Waals surface area contributed by atoms with Crippen LogP contribution in [0.25, 0.3) is 11.0 Å². The summed E-state index contributed by atoms with van der Waals surface area (Å²) in [4.78, 5) is 4.39. The number of nitrogens with zero attached hydrogens (tertiary/aromatic N) is 2. The second-order valence-corrected chi connectivity index (χ2v) is 4.94. The number of fused-ring (bicyclic) bond motifs is 1. The quantitative estimate of drug-likeness (QED) is 0.656. The van der Waals surface area contributed by atoms with E-state index in [1.54, 1.807) is 0 Å². The van der Waals surface area contributed by atoms with Gasteiger partial charge in [0.1, 0.15) is 5.75 Å². The first-order chi connectivity index (χ1) is 9.83. The van der Waals surface area contributed by atoms with Gasteiger partial charge in [0.05, 0.1) is 24.0 Å². The van der Waals surface area contributed by atoms with E-state index in [0.29, 0.717) is 0 Å². The van der Waals surface area contributed by atoms with Crippen LogP contribution in [-0.2, 0) is 6.54 Å². The molecule has 2 aromatic carbocycles. The molecular weight excluding hydrogens is 248 g/mol. The fourth-order valence-corrected chi connectivity index (χ4v) is 2.25. The van der Waals surface area contributed by atoms with Gasteiger partial charge >= 0.3 is 0 Å². The first-order valence-electron chi connectivity index (χ1n) is 6.92. The third kappa shape index (κ3) is 2.82. The zero-order chi connectivity index (χ0) is 13.8. The lowest BCUT2D eigenvalue weighted by Gasteiger charge is -2.07. The van der Waals surface area contributed by atoms with E-state index in [0.717, 1.165) is 30.8 Å². The van der Waals surface area contributed by atoms with Gasteiger partial charge in [0.2, 0.25) is 0 Å². The van der Waals surface area contributed by atoms with Crippen molar-refractivity contribution in [2.45, 2.75) is 19.9 Å². The van der Waals surface area contributed by atoms with Crippen molar-refractivity contribution in [3.63, 3.8) is 0 Å². The van der Waals surface area contributed by atoms with Crippen LogP contribution in [0.1, 0.15) is 12.0 Å². The second kappa shape index (κ2) is 5.78. The van der Waals surface area contributed by atoms with Crippen LogP contribution in [0, 0.1) is 6.92 Å². The summed E-state index contributed by atoms with van der Waals surface area (Å²) in [6.07, 6.45) is 2.87. The van der Waals surface area contributed by atoms with E-state index in [-0.39, 0.29) is 0 Å². The van der Waals surface area contributed by atoms with E-state index in [1.165, 1.54) is 11.1 Å². The number of aryl methyl sites for hydroxylation is 2. The van der Waals surface area contributed by atoms with Crippen LogP contribution in [0.5, 0.6) is 5.75 Å². The van der Waals surface area contributed by atoms with Gasteiger partial charge in [-0.15, -0.1) is 0 Å². The standard InChI is InChI=1S/C17H18N2O/c1-14-7-9-15(10-8-14)20-12-4-11-19-13-18-16-5-2-3-6-17(16)19/h2-3,5-10,13H,4,11-12H2,1H3. The highest BCUT2D eigenvalue weighted by Crippen LogP contribution is 2.14. The van der Waals surface area contributed by atoms with Gasteiger partial charge in [-0.25, -0.2) is 4.98 Å². The topological polar surface area (TPSA) is 27.1 Å². The van der Waals surface area contributed by atoms with Gasteiger partial charge in [0, 0.05) is 6.54 Å². The van der Waals surface area contributed by atoms with Crippen LogP contribution in [-0.4, -0.2) is 16.2 Å². The van der Waals surface area contributed by atoms with Gasteiger partial charge in [0.15, 0.2) is 0 Å². The predicted octanol–water partition coefficient (Wildman–Crippen LogP) is 3.81. The molecule has 0 aliphatic carbocycles. The molecule has 3 aromatic rings. The summed E-state index contributed by atoms with van der Waals surface area (Å²) in [6, 6.07) is 16.4. The number of ether oxygens (including phenoxy) is 1. The summed E-state index contributed by atoms with van der Waals surface area (Å²) in [6.45, 7) is 3.72. The molecule has 0 saturated carbocycles. The Bertz CT molecular complexity index is 686. The molecule has 0 saturated heterocycles. The molecule has 0 atom stereocenters. The van der Waals surface area contributed by atoms with Crippen molar-refractivity contribution in [3.05, 3.63) is 60.4 Å². The molecule has 0 radical (unpaired) electrons. The second-order valence-electron chi connectivity index (χ2n) is 4.94. The van der Waals surface area contributed by atoms with Crippen LogP contribution in [0.2, 0.25) is 0 Å². The van der Waals surface area contributed by atoms with Crippen molar-refractivity contribution < 1.29 is 4.74 Å². The van der Waals surface area contributed by atoms with E-state index >= 15 is 0 Å². The largest absolute Gasteiger partial charge is 0.494 e. The molecule has 0 amide bonds. The van der Waals surface area contributed by atoms with E-state index in [4.69, 9.17) is 4.74 Å². The minimum Gasteiger partial charge on any atom is -0.494 e. The van der Waals surface area contributed by atoms with Crippen molar-refractivity contribution in [2.75, 3.05) is 6.61 Å². The Morgan fingerprint density at radius 1 is 1.05 bits per heavy atom. The summed E-state index contributed by atoms with van der Waals surface area (Å²) >= 11 is 0. The molecule has 0 N–H and O–H groups in total. The number of imidazole rings is 1. The molecular formula is C17H18N2O. The van der Waals surface area contributed by atoms with E-state index in [1.807, 2.05) is 36.7 Å². The Labute approximate surface area is 118 Å². The average molecular weight is 266 g/mol. The highest BCUT2D eigenvalue weighted by molar-refractivity contribution is 5.74. The molecule has 102 valence electrons. The van der Waals surface area contributed by atoms with Gasteiger partial charge in [-0.1, -0.05) is 29.8 Å². The maximum atomic E-state index is 5.74. The van der Waals surface area contributed by atoms with Crippen LogP contribution < -0.4 is 4.74 Å². The summed E-state index contributed by atoms with van der Waals surface area (Å²) in [5.74, 6) is 0.936. The Kier molecular flexibility index (Phi) is 3.68. The molecule has 0 fully saturated rings. The zero-order valence-corrected chi connectivity index (χ0v) is 11.6. The number of benzene rings is 2. The maximum Gasteiger partial charge on any atom is 0.119 e. The fourth-order valence-electron chi connectivity index (χ4n) is 2.25. The van der Waals surface area contributed by atoms with Gasteiger partial charge in [-0.2, -0.15) is 0 Å². The Hall–Kier alpha value is -2.29. The molecule has 0 unspecified atom stereocenters. The molecule has 3 rings (SSSR count). The lowest BCUT2D eigenvalue weighted by molar-refractivity contribution is 0.302. The van der Waals surface area contributed by atoms with Crippen molar-refractivity contribution >= 4 is 11.0 Å². The highest BCUT2D eigenvalue weighted by Gasteiger charge is 2.01. The van der Waals surface area contributed by atoms with Crippen LogP contribution in [0.4, 0.5) is 0 Å². The van der Waals surface area contributed by atoms with Gasteiger partial charge in [0.25, 0.3) is 0 Å². The normalized spacial score (nSPS) is 10.8. The SMILES string of the molecule is Cc1ccc(OCCCn2cnc3ccccc32)cc1. The minimum absolute atomic E-state index is 0.718. The molecule has 20 heavy (non-hydrogen) atoms. The van der Waals surface area contributed by atoms with Crippen molar-refractivity contribution in [3.8, 4) is 5.75 Å². The fraction of sp³-hybridized carbons (Fsp3) is 0.235. The number of aromatic nitrogens is 2. The van der Waals surface area contributed by atoms with Crippen LogP contribution in [0.3, 0.4) is 0 Å². The summed E-state index contributed by atoms with van der Waals surface area (Å²) in [7, 11) is 0. The first kappa shape index (κ1) is 12.7. The molecule has 0 aliphatic rings. The Balaban J connectivity index is 1.54. The highest BCUT2D eigenvalue weighted by atomic mass is 16.5. The average Bonchev–Trinajstić information content (AvgIpc) is 2.89. The molecule has 1 heterocycles. The minimum atomic E-state index is 0.718. The molecule has 0 aliphatic heterocycles. The number of hydrogen-bond acceptors (Lipinski definition) is 2. The monoisotopic (exact) mass is 266 g/mol. The molecule has 3 heteroatoms. The first-order valence-corrected chi connectivity index (χ1v) is 6.92. The predicted molar refractivity (Wildman–Crippen MR) is 81.0 cm³/mol. The van der Waals surface area contributed by atoms with E-state index in [2.05, 4.69) is 34.7 Å². The van der Waals surface area contributed by atoms with Gasteiger partial charge in [-0.3, -0.25) is 0 Å². The lowest BCUT2D eigenvalue weighted by atomic mass is 10.2. The van der Waals surface area contributed by atoms with E-state index < -0.39 is 0 Å². The molecule has 0 spiro atoms. The van der Waals surface area contributed by atoms with Crippen LogP contribution >= 0.6 is 0 Å². The molecule has 1 aromatic heterocycles. The number of hydrogen-bond donors (Lipinski definition) is 0. The maximum absolute atomic E-state index is 5.74. The smallest absolute Gasteiger partial charge is 0.119 e. The van der Waals surface area contributed by atoms with Crippen molar-refractivity contribution in [1.29, 1.82) is 0 Å². The summed E-state index contributed by atoms with van der Waals surface area (Å²) in [5, 5.41) is 0. The van der Waals surface area contributed by atoms with E-state index in [9.17, 15) is 0 Å². The Morgan fingerprint density at radius 3 is 2.70 bits per heavy atom. The summed E-state index contributed by atoms with van der Waals surface area (Å²) < 4.78 is 7.91. The molecule has 3 nitrogen and oxygen atoms in total. The van der Waals surface area contributed by atoms with Gasteiger partial charge in [-0.05, 0) is 37.6 Å².